The number of aliphatic hydroxyl groups is 1. The molecule has 0 spiro atoms. The Kier molecular flexibility index (Phi) is 7.78. The lowest BCUT2D eigenvalue weighted by Gasteiger charge is -2.40. The third-order valence-corrected chi connectivity index (χ3v) is 7.18. The lowest BCUT2D eigenvalue weighted by atomic mass is 9.78. The monoisotopic (exact) mass is 471 g/mol. The zero-order valence-corrected chi connectivity index (χ0v) is 20.4. The number of allylic oxidation sites excluding steroid dienone is 1. The van der Waals surface area contributed by atoms with Crippen LogP contribution >= 0.6 is 0 Å². The molecule has 2 aliphatic heterocycles. The Hall–Kier alpha value is -2.58. The molecule has 2 aliphatic rings. The van der Waals surface area contributed by atoms with Crippen LogP contribution in [0.15, 0.2) is 40.9 Å². The molecule has 186 valence electrons. The number of rotatable bonds is 8. The topological polar surface area (TPSA) is 96.8 Å². The number of likely N-dealkylation sites (tertiary alicyclic amines) is 1. The molecule has 0 unspecified atom stereocenters. The molecule has 2 aromatic rings. The SMILES string of the molecule is CCO[C@H]1OC(C(=O)N2CCC(n3c(=O)[nH]c4ccccc43)CC2)=C[C@@H](C(C)C)[C@H]1CCCO. The van der Waals surface area contributed by atoms with Gasteiger partial charge in [-0.05, 0) is 62.7 Å². The summed E-state index contributed by atoms with van der Waals surface area (Å²) >= 11 is 0. The molecule has 8 heteroatoms. The Balaban J connectivity index is 1.48. The van der Waals surface area contributed by atoms with Crippen LogP contribution in [-0.2, 0) is 14.3 Å². The number of piperidine rings is 1. The van der Waals surface area contributed by atoms with E-state index >= 15 is 0 Å². The fraction of sp³-hybridized carbons (Fsp3) is 0.615. The van der Waals surface area contributed by atoms with Gasteiger partial charge in [-0.15, -0.1) is 0 Å². The molecule has 3 atom stereocenters. The Bertz CT molecular complexity index is 1060. The van der Waals surface area contributed by atoms with Crippen molar-refractivity contribution in [2.45, 2.75) is 58.8 Å². The zero-order valence-electron chi connectivity index (χ0n) is 20.4. The van der Waals surface area contributed by atoms with Crippen molar-refractivity contribution >= 4 is 16.9 Å². The number of nitrogens with zero attached hydrogens (tertiary/aromatic N) is 2. The summed E-state index contributed by atoms with van der Waals surface area (Å²) in [5.41, 5.74) is 1.64. The summed E-state index contributed by atoms with van der Waals surface area (Å²) in [6, 6.07) is 7.77. The summed E-state index contributed by atoms with van der Waals surface area (Å²) in [5.74, 6) is 0.805. The van der Waals surface area contributed by atoms with Gasteiger partial charge in [-0.25, -0.2) is 4.79 Å². The Morgan fingerprint density at radius 1 is 1.26 bits per heavy atom. The minimum Gasteiger partial charge on any atom is -0.459 e. The molecule has 34 heavy (non-hydrogen) atoms. The molecule has 4 rings (SSSR count). The van der Waals surface area contributed by atoms with Crippen molar-refractivity contribution in [1.82, 2.24) is 14.5 Å². The summed E-state index contributed by atoms with van der Waals surface area (Å²) in [5, 5.41) is 9.33. The molecule has 0 radical (unpaired) electrons. The van der Waals surface area contributed by atoms with E-state index in [-0.39, 0.29) is 36.1 Å². The standard InChI is InChI=1S/C26H37N3O5/c1-4-33-25-19(8-7-15-30)20(17(2)3)16-23(34-25)24(31)28-13-11-18(12-14-28)29-22-10-6-5-9-21(22)27-26(29)32/h5-6,9-10,16-20,25,30H,4,7-8,11-15H2,1-3H3,(H,27,32)/t19-,20+,25+/m1/s1. The number of ether oxygens (including phenoxy) is 2. The maximum atomic E-state index is 13.4. The van der Waals surface area contributed by atoms with E-state index in [1.54, 1.807) is 0 Å². The van der Waals surface area contributed by atoms with Crippen molar-refractivity contribution in [2.75, 3.05) is 26.3 Å². The molecule has 1 saturated heterocycles. The van der Waals surface area contributed by atoms with Crippen molar-refractivity contribution in [3.05, 3.63) is 46.6 Å². The molecule has 3 heterocycles. The minimum absolute atomic E-state index is 0.0522. The average molecular weight is 472 g/mol. The van der Waals surface area contributed by atoms with Gasteiger partial charge >= 0.3 is 5.69 Å². The predicted molar refractivity (Wildman–Crippen MR) is 130 cm³/mol. The number of carbonyl (C=O) groups is 1. The van der Waals surface area contributed by atoms with Crippen LogP contribution in [0.2, 0.25) is 0 Å². The predicted octanol–water partition coefficient (Wildman–Crippen LogP) is 3.43. The maximum Gasteiger partial charge on any atom is 0.326 e. The average Bonchev–Trinajstić information content (AvgIpc) is 3.18. The summed E-state index contributed by atoms with van der Waals surface area (Å²) in [4.78, 5) is 30.8. The third kappa shape index (κ3) is 4.93. The fourth-order valence-electron chi connectivity index (χ4n) is 5.44. The molecule has 2 N–H and O–H groups in total. The first kappa shape index (κ1) is 24.5. The normalized spacial score (nSPS) is 23.9. The van der Waals surface area contributed by atoms with Gasteiger partial charge in [0.25, 0.3) is 5.91 Å². The summed E-state index contributed by atoms with van der Waals surface area (Å²) in [6.07, 6.45) is 4.37. The van der Waals surface area contributed by atoms with E-state index in [0.29, 0.717) is 50.6 Å². The number of fused-ring (bicyclic) bond motifs is 1. The molecule has 0 aliphatic carbocycles. The third-order valence-electron chi connectivity index (χ3n) is 7.18. The van der Waals surface area contributed by atoms with Crippen molar-refractivity contribution in [1.29, 1.82) is 0 Å². The molecule has 1 fully saturated rings. The number of amides is 1. The molecule has 8 nitrogen and oxygen atoms in total. The lowest BCUT2D eigenvalue weighted by molar-refractivity contribution is -0.178. The van der Waals surface area contributed by atoms with Crippen LogP contribution in [0, 0.1) is 17.8 Å². The molecule has 1 aromatic heterocycles. The Labute approximate surface area is 200 Å². The van der Waals surface area contributed by atoms with Crippen molar-refractivity contribution in [2.24, 2.45) is 17.8 Å². The highest BCUT2D eigenvalue weighted by molar-refractivity contribution is 5.91. The van der Waals surface area contributed by atoms with Crippen LogP contribution in [0.25, 0.3) is 11.0 Å². The van der Waals surface area contributed by atoms with E-state index in [1.807, 2.05) is 46.7 Å². The van der Waals surface area contributed by atoms with E-state index in [1.165, 1.54) is 0 Å². The zero-order chi connectivity index (χ0) is 24.2. The first-order chi connectivity index (χ1) is 16.4. The van der Waals surface area contributed by atoms with E-state index in [4.69, 9.17) is 9.47 Å². The van der Waals surface area contributed by atoms with Crippen molar-refractivity contribution in [3.8, 4) is 0 Å². The smallest absolute Gasteiger partial charge is 0.326 e. The number of H-pyrrole nitrogens is 1. The maximum absolute atomic E-state index is 13.4. The number of nitrogens with one attached hydrogen (secondary N) is 1. The highest BCUT2D eigenvalue weighted by Gasteiger charge is 2.39. The minimum atomic E-state index is -0.491. The first-order valence-electron chi connectivity index (χ1n) is 12.5. The number of aliphatic hydroxyl groups excluding tert-OH is 1. The number of imidazole rings is 1. The van der Waals surface area contributed by atoms with E-state index in [2.05, 4.69) is 18.8 Å². The van der Waals surface area contributed by atoms with Gasteiger partial charge in [0, 0.05) is 38.3 Å². The summed E-state index contributed by atoms with van der Waals surface area (Å²) < 4.78 is 13.8. The van der Waals surface area contributed by atoms with E-state index < -0.39 is 6.29 Å². The van der Waals surface area contributed by atoms with Gasteiger partial charge in [-0.2, -0.15) is 0 Å². The number of carbonyl (C=O) groups excluding carboxylic acids is 1. The number of para-hydroxylation sites is 2. The van der Waals surface area contributed by atoms with Gasteiger partial charge in [-0.3, -0.25) is 9.36 Å². The molecule has 1 aromatic carbocycles. The van der Waals surface area contributed by atoms with Crippen molar-refractivity contribution < 1.29 is 19.4 Å². The number of aromatic nitrogens is 2. The lowest BCUT2D eigenvalue weighted by Crippen LogP contribution is -2.45. The number of hydrogen-bond donors (Lipinski definition) is 2. The quantitative estimate of drug-likeness (QED) is 0.615. The van der Waals surface area contributed by atoms with Gasteiger partial charge in [0.05, 0.1) is 11.0 Å². The molecule has 0 saturated carbocycles. The molecular weight excluding hydrogens is 434 g/mol. The Morgan fingerprint density at radius 2 is 2.00 bits per heavy atom. The van der Waals surface area contributed by atoms with Crippen LogP contribution in [-0.4, -0.2) is 58.1 Å². The largest absolute Gasteiger partial charge is 0.459 e. The number of aromatic amines is 1. The highest BCUT2D eigenvalue weighted by atomic mass is 16.7. The van der Waals surface area contributed by atoms with Gasteiger partial charge in [0.2, 0.25) is 6.29 Å². The molecular formula is C26H37N3O5. The number of hydrogen-bond acceptors (Lipinski definition) is 5. The molecule has 0 bridgehead atoms. The van der Waals surface area contributed by atoms with Crippen LogP contribution in [0.1, 0.15) is 52.5 Å². The van der Waals surface area contributed by atoms with E-state index in [0.717, 1.165) is 17.5 Å². The Morgan fingerprint density at radius 3 is 2.68 bits per heavy atom. The second kappa shape index (κ2) is 10.8. The van der Waals surface area contributed by atoms with Gasteiger partial charge < -0.3 is 24.5 Å². The second-order valence-corrected chi connectivity index (χ2v) is 9.66. The number of benzene rings is 1. The summed E-state index contributed by atoms with van der Waals surface area (Å²) in [7, 11) is 0. The van der Waals surface area contributed by atoms with Crippen LogP contribution in [0.4, 0.5) is 0 Å². The van der Waals surface area contributed by atoms with Gasteiger partial charge in [0.15, 0.2) is 5.76 Å². The van der Waals surface area contributed by atoms with Crippen LogP contribution in [0.5, 0.6) is 0 Å². The van der Waals surface area contributed by atoms with Gasteiger partial charge in [-0.1, -0.05) is 26.0 Å². The van der Waals surface area contributed by atoms with Crippen LogP contribution in [0.3, 0.4) is 0 Å². The second-order valence-electron chi connectivity index (χ2n) is 9.66. The van der Waals surface area contributed by atoms with Crippen LogP contribution < -0.4 is 5.69 Å². The first-order valence-corrected chi connectivity index (χ1v) is 12.5. The van der Waals surface area contributed by atoms with Crippen molar-refractivity contribution in [3.63, 3.8) is 0 Å². The van der Waals surface area contributed by atoms with Gasteiger partial charge in [0.1, 0.15) is 0 Å². The highest BCUT2D eigenvalue weighted by Crippen LogP contribution is 2.38. The summed E-state index contributed by atoms with van der Waals surface area (Å²) in [6.45, 7) is 7.98. The molecule has 1 amide bonds. The van der Waals surface area contributed by atoms with E-state index in [9.17, 15) is 14.7 Å². The fourth-order valence-corrected chi connectivity index (χ4v) is 5.44.